The first-order chi connectivity index (χ1) is 11.8. The highest BCUT2D eigenvalue weighted by Gasteiger charge is 2.19. The second-order valence-corrected chi connectivity index (χ2v) is 5.49. The normalized spacial score (nSPS) is 10.8. The molecule has 0 saturated heterocycles. The van der Waals surface area contributed by atoms with Gasteiger partial charge in [0.25, 0.3) is 0 Å². The van der Waals surface area contributed by atoms with Gasteiger partial charge in [0, 0.05) is 5.56 Å². The van der Waals surface area contributed by atoms with Crippen molar-refractivity contribution in [2.24, 2.45) is 0 Å². The van der Waals surface area contributed by atoms with E-state index in [1.165, 1.54) is 0 Å². The molecular formula is C20H20O4. The van der Waals surface area contributed by atoms with Gasteiger partial charge in [0.15, 0.2) is 17.1 Å². The standard InChI is InChI=1S/C20H20O4/c1-3-4-13-23-20-17(21)15-11-8-12-16(22-2)19(15)24-18(20)14-9-6-5-7-10-14/h5-12H,3-4,13H2,1-2H3. The smallest absolute Gasteiger partial charge is 0.235 e. The second kappa shape index (κ2) is 7.21. The third-order valence-electron chi connectivity index (χ3n) is 3.84. The van der Waals surface area contributed by atoms with E-state index in [9.17, 15) is 4.79 Å². The summed E-state index contributed by atoms with van der Waals surface area (Å²) in [4.78, 5) is 12.9. The number of unbranched alkanes of at least 4 members (excludes halogenated alkanes) is 1. The van der Waals surface area contributed by atoms with Crippen LogP contribution in [0.4, 0.5) is 0 Å². The average molecular weight is 324 g/mol. The van der Waals surface area contributed by atoms with E-state index in [1.807, 2.05) is 30.3 Å². The summed E-state index contributed by atoms with van der Waals surface area (Å²) in [5.74, 6) is 1.23. The zero-order chi connectivity index (χ0) is 16.9. The zero-order valence-corrected chi connectivity index (χ0v) is 13.9. The van der Waals surface area contributed by atoms with Gasteiger partial charge in [-0.2, -0.15) is 0 Å². The van der Waals surface area contributed by atoms with Gasteiger partial charge in [-0.25, -0.2) is 0 Å². The maximum Gasteiger partial charge on any atom is 0.235 e. The van der Waals surface area contributed by atoms with Crippen LogP contribution in [0.5, 0.6) is 11.5 Å². The van der Waals surface area contributed by atoms with Crippen molar-refractivity contribution in [2.45, 2.75) is 19.8 Å². The van der Waals surface area contributed by atoms with E-state index in [0.29, 0.717) is 29.1 Å². The number of methoxy groups -OCH3 is 1. The summed E-state index contributed by atoms with van der Waals surface area (Å²) in [6.45, 7) is 2.56. The van der Waals surface area contributed by atoms with Crippen molar-refractivity contribution in [1.29, 1.82) is 0 Å². The Morgan fingerprint density at radius 2 is 1.83 bits per heavy atom. The fraction of sp³-hybridized carbons (Fsp3) is 0.250. The SMILES string of the molecule is CCCCOc1c(-c2ccccc2)oc2c(OC)cccc2c1=O. The Labute approximate surface area is 140 Å². The van der Waals surface area contributed by atoms with Gasteiger partial charge in [0.1, 0.15) is 0 Å². The van der Waals surface area contributed by atoms with Gasteiger partial charge in [0.05, 0.1) is 19.1 Å². The van der Waals surface area contributed by atoms with E-state index in [0.717, 1.165) is 18.4 Å². The molecule has 4 nitrogen and oxygen atoms in total. The first-order valence-electron chi connectivity index (χ1n) is 8.08. The van der Waals surface area contributed by atoms with Crippen molar-refractivity contribution in [3.05, 3.63) is 58.8 Å². The molecule has 0 bridgehead atoms. The van der Waals surface area contributed by atoms with Crippen LogP contribution < -0.4 is 14.9 Å². The Balaban J connectivity index is 2.25. The Hall–Kier alpha value is -2.75. The Kier molecular flexibility index (Phi) is 4.85. The first kappa shape index (κ1) is 16.1. The van der Waals surface area contributed by atoms with Crippen LogP contribution in [0.15, 0.2) is 57.7 Å². The largest absolute Gasteiger partial charge is 0.493 e. The Bertz CT molecular complexity index is 881. The van der Waals surface area contributed by atoms with Crippen molar-refractivity contribution in [1.82, 2.24) is 0 Å². The van der Waals surface area contributed by atoms with Crippen molar-refractivity contribution < 1.29 is 13.9 Å². The van der Waals surface area contributed by atoms with E-state index in [1.54, 1.807) is 25.3 Å². The highest BCUT2D eigenvalue weighted by Crippen LogP contribution is 2.34. The van der Waals surface area contributed by atoms with Crippen LogP contribution in [-0.4, -0.2) is 13.7 Å². The molecule has 0 aliphatic heterocycles. The van der Waals surface area contributed by atoms with Crippen LogP contribution in [0.1, 0.15) is 19.8 Å². The van der Waals surface area contributed by atoms with E-state index in [-0.39, 0.29) is 11.2 Å². The lowest BCUT2D eigenvalue weighted by atomic mass is 10.1. The number of hydrogen-bond acceptors (Lipinski definition) is 4. The van der Waals surface area contributed by atoms with Crippen molar-refractivity contribution >= 4 is 11.0 Å². The van der Waals surface area contributed by atoms with E-state index in [4.69, 9.17) is 13.9 Å². The minimum Gasteiger partial charge on any atom is -0.493 e. The average Bonchev–Trinajstić information content (AvgIpc) is 2.63. The fourth-order valence-electron chi connectivity index (χ4n) is 2.56. The molecule has 0 aliphatic carbocycles. The van der Waals surface area contributed by atoms with Crippen LogP contribution in [0, 0.1) is 0 Å². The number of fused-ring (bicyclic) bond motifs is 1. The second-order valence-electron chi connectivity index (χ2n) is 5.49. The van der Waals surface area contributed by atoms with Gasteiger partial charge >= 0.3 is 0 Å². The molecular weight excluding hydrogens is 304 g/mol. The maximum absolute atomic E-state index is 12.9. The molecule has 1 aromatic heterocycles. The van der Waals surface area contributed by atoms with Gasteiger partial charge < -0.3 is 13.9 Å². The maximum atomic E-state index is 12.9. The Morgan fingerprint density at radius 3 is 2.54 bits per heavy atom. The molecule has 3 aromatic rings. The molecule has 0 radical (unpaired) electrons. The molecule has 0 N–H and O–H groups in total. The molecule has 4 heteroatoms. The number of hydrogen-bond donors (Lipinski definition) is 0. The fourth-order valence-corrected chi connectivity index (χ4v) is 2.56. The molecule has 0 unspecified atom stereocenters. The number of benzene rings is 2. The highest BCUT2D eigenvalue weighted by molar-refractivity contribution is 5.86. The van der Waals surface area contributed by atoms with Crippen molar-refractivity contribution in [3.8, 4) is 22.8 Å². The van der Waals surface area contributed by atoms with Gasteiger partial charge in [-0.15, -0.1) is 0 Å². The summed E-state index contributed by atoms with van der Waals surface area (Å²) < 4.78 is 17.2. The quantitative estimate of drug-likeness (QED) is 0.619. The Morgan fingerprint density at radius 1 is 1.04 bits per heavy atom. The topological polar surface area (TPSA) is 48.7 Å². The van der Waals surface area contributed by atoms with Gasteiger partial charge in [-0.3, -0.25) is 4.79 Å². The van der Waals surface area contributed by atoms with E-state index < -0.39 is 0 Å². The predicted molar refractivity (Wildman–Crippen MR) is 94.9 cm³/mol. The molecule has 2 aromatic carbocycles. The lowest BCUT2D eigenvalue weighted by Gasteiger charge is -2.12. The van der Waals surface area contributed by atoms with E-state index >= 15 is 0 Å². The molecule has 24 heavy (non-hydrogen) atoms. The van der Waals surface area contributed by atoms with Gasteiger partial charge in [0.2, 0.25) is 11.2 Å². The minimum absolute atomic E-state index is 0.176. The summed E-state index contributed by atoms with van der Waals surface area (Å²) in [6.07, 6.45) is 1.87. The van der Waals surface area contributed by atoms with Crippen LogP contribution in [0.25, 0.3) is 22.3 Å². The molecule has 0 aliphatic rings. The third kappa shape index (κ3) is 3.00. The molecule has 0 saturated carbocycles. The summed E-state index contributed by atoms with van der Waals surface area (Å²) in [6, 6.07) is 14.8. The number of ether oxygens (including phenoxy) is 2. The lowest BCUT2D eigenvalue weighted by Crippen LogP contribution is -2.11. The molecule has 0 fully saturated rings. The molecule has 0 amide bonds. The molecule has 3 rings (SSSR count). The molecule has 124 valence electrons. The van der Waals surface area contributed by atoms with Crippen LogP contribution in [0.2, 0.25) is 0 Å². The molecule has 0 atom stereocenters. The minimum atomic E-state index is -0.176. The third-order valence-corrected chi connectivity index (χ3v) is 3.84. The monoisotopic (exact) mass is 324 g/mol. The number of rotatable bonds is 6. The van der Waals surface area contributed by atoms with Crippen molar-refractivity contribution in [2.75, 3.05) is 13.7 Å². The summed E-state index contributed by atoms with van der Waals surface area (Å²) >= 11 is 0. The van der Waals surface area contributed by atoms with Crippen LogP contribution in [0.3, 0.4) is 0 Å². The van der Waals surface area contributed by atoms with Crippen molar-refractivity contribution in [3.63, 3.8) is 0 Å². The van der Waals surface area contributed by atoms with Gasteiger partial charge in [-0.1, -0.05) is 49.7 Å². The molecule has 0 spiro atoms. The molecule has 1 heterocycles. The zero-order valence-electron chi connectivity index (χ0n) is 13.9. The van der Waals surface area contributed by atoms with Crippen LogP contribution in [-0.2, 0) is 0 Å². The van der Waals surface area contributed by atoms with Gasteiger partial charge in [-0.05, 0) is 18.6 Å². The summed E-state index contributed by atoms with van der Waals surface area (Å²) in [7, 11) is 1.56. The predicted octanol–water partition coefficient (Wildman–Crippen LogP) is 4.65. The highest BCUT2D eigenvalue weighted by atomic mass is 16.5. The lowest BCUT2D eigenvalue weighted by molar-refractivity contribution is 0.301. The van der Waals surface area contributed by atoms with E-state index in [2.05, 4.69) is 6.92 Å². The first-order valence-corrected chi connectivity index (χ1v) is 8.08. The number of para-hydroxylation sites is 1. The van der Waals surface area contributed by atoms with Crippen LogP contribution >= 0.6 is 0 Å². The summed E-state index contributed by atoms with van der Waals surface area (Å²) in [5, 5.41) is 0.459. The summed E-state index contributed by atoms with van der Waals surface area (Å²) in [5.41, 5.74) is 1.06.